The van der Waals surface area contributed by atoms with Crippen LogP contribution in [-0.4, -0.2) is 58.2 Å². The van der Waals surface area contributed by atoms with Gasteiger partial charge in [-0.2, -0.15) is 0 Å². The molecular formula is C32H36FN5O4S. The maximum Gasteiger partial charge on any atom is 0.264 e. The molecule has 1 saturated heterocycles. The summed E-state index contributed by atoms with van der Waals surface area (Å²) in [5, 5.41) is 8.36. The first-order valence-electron chi connectivity index (χ1n) is 14.5. The van der Waals surface area contributed by atoms with E-state index in [0.29, 0.717) is 70.5 Å². The Bertz CT molecular complexity index is 1610. The third-order valence-electron chi connectivity index (χ3n) is 7.56. The van der Waals surface area contributed by atoms with Crippen molar-refractivity contribution >= 4 is 23.2 Å². The predicted molar refractivity (Wildman–Crippen MR) is 162 cm³/mol. The number of aryl methyl sites for hydroxylation is 3. The highest BCUT2D eigenvalue weighted by atomic mass is 32.1. The number of nitrogens with zero attached hydrogens (tertiary/aromatic N) is 4. The summed E-state index contributed by atoms with van der Waals surface area (Å²) in [5.74, 6) is -0.248. The minimum absolute atomic E-state index is 0.00780. The lowest BCUT2D eigenvalue weighted by atomic mass is 9.91. The van der Waals surface area contributed by atoms with E-state index in [9.17, 15) is 14.0 Å². The molecule has 4 heterocycles. The topological polar surface area (TPSA) is 124 Å². The number of primary amides is 1. The normalized spacial score (nSPS) is 15.3. The molecule has 2 amide bonds. The van der Waals surface area contributed by atoms with Crippen molar-refractivity contribution in [2.45, 2.75) is 59.0 Å². The molecule has 1 fully saturated rings. The van der Waals surface area contributed by atoms with Gasteiger partial charge < -0.3 is 19.8 Å². The average Bonchev–Trinajstić information content (AvgIpc) is 3.65. The molecule has 1 atom stereocenters. The minimum atomic E-state index is -0.624. The van der Waals surface area contributed by atoms with Crippen LogP contribution in [0, 0.1) is 18.7 Å². The first-order valence-corrected chi connectivity index (χ1v) is 15.3. The van der Waals surface area contributed by atoms with Crippen LogP contribution in [0.3, 0.4) is 0 Å². The number of likely N-dealkylation sites (tertiary alicyclic amines) is 1. The molecule has 226 valence electrons. The number of hydrogen-bond acceptors (Lipinski definition) is 8. The van der Waals surface area contributed by atoms with Crippen LogP contribution in [0.2, 0.25) is 0 Å². The number of rotatable bonds is 10. The van der Waals surface area contributed by atoms with Crippen molar-refractivity contribution in [3.8, 4) is 21.9 Å². The Labute approximate surface area is 254 Å². The molecule has 4 aromatic rings. The van der Waals surface area contributed by atoms with Gasteiger partial charge >= 0.3 is 0 Å². The van der Waals surface area contributed by atoms with Crippen LogP contribution in [0.1, 0.15) is 69.6 Å². The maximum absolute atomic E-state index is 13.6. The fourth-order valence-corrected chi connectivity index (χ4v) is 6.55. The predicted octanol–water partition coefficient (Wildman–Crippen LogP) is 5.64. The van der Waals surface area contributed by atoms with Gasteiger partial charge in [-0.05, 0) is 67.9 Å². The minimum Gasteiger partial charge on any atom is -0.421 e. The Hall–Kier alpha value is -3.96. The highest BCUT2D eigenvalue weighted by Gasteiger charge is 2.30. The number of nitrogens with two attached hydrogens (primary N) is 1. The van der Waals surface area contributed by atoms with Gasteiger partial charge in [0.25, 0.3) is 11.8 Å². The lowest BCUT2D eigenvalue weighted by molar-refractivity contribution is 0.0271. The first kappa shape index (κ1) is 30.5. The number of methoxy groups -OCH3 is 1. The third-order valence-corrected chi connectivity index (χ3v) is 8.65. The molecule has 11 heteroatoms. The molecule has 1 aromatic carbocycles. The van der Waals surface area contributed by atoms with Crippen LogP contribution in [0.25, 0.3) is 21.9 Å². The SMILES string of the molecule is CO[C@@H]1CCCN(C(=O)c2ccc(-c3c(C(N)=O)c(CC(C)C)nc(CCc4ccc(F)cc4)c3-c3nnc(C)o3)s2)C1. The number of amides is 2. The lowest BCUT2D eigenvalue weighted by Crippen LogP contribution is -2.42. The third kappa shape index (κ3) is 6.83. The van der Waals surface area contributed by atoms with Crippen molar-refractivity contribution in [1.29, 1.82) is 0 Å². The summed E-state index contributed by atoms with van der Waals surface area (Å²) in [7, 11) is 1.67. The van der Waals surface area contributed by atoms with Gasteiger partial charge in [-0.1, -0.05) is 26.0 Å². The van der Waals surface area contributed by atoms with E-state index in [4.69, 9.17) is 19.9 Å². The van der Waals surface area contributed by atoms with E-state index >= 15 is 0 Å². The zero-order chi connectivity index (χ0) is 30.7. The molecule has 0 radical (unpaired) electrons. The van der Waals surface area contributed by atoms with Crippen molar-refractivity contribution in [2.24, 2.45) is 11.7 Å². The Morgan fingerprint density at radius 1 is 1.12 bits per heavy atom. The summed E-state index contributed by atoms with van der Waals surface area (Å²) in [6.07, 6.45) is 3.34. The van der Waals surface area contributed by atoms with Gasteiger partial charge in [0.1, 0.15) is 5.82 Å². The zero-order valence-electron chi connectivity index (χ0n) is 24.9. The molecular weight excluding hydrogens is 569 g/mol. The van der Waals surface area contributed by atoms with Gasteiger partial charge in [-0.25, -0.2) is 4.39 Å². The van der Waals surface area contributed by atoms with Crippen LogP contribution >= 0.6 is 11.3 Å². The van der Waals surface area contributed by atoms with Crippen LogP contribution in [-0.2, 0) is 24.0 Å². The summed E-state index contributed by atoms with van der Waals surface area (Å²) >= 11 is 1.30. The second-order valence-corrected chi connectivity index (χ2v) is 12.3. The zero-order valence-corrected chi connectivity index (χ0v) is 25.7. The summed E-state index contributed by atoms with van der Waals surface area (Å²) in [6.45, 7) is 6.98. The number of pyridine rings is 1. The Balaban J connectivity index is 1.66. The van der Waals surface area contributed by atoms with E-state index in [1.807, 2.05) is 24.8 Å². The van der Waals surface area contributed by atoms with E-state index in [1.54, 1.807) is 32.2 Å². The van der Waals surface area contributed by atoms with Crippen molar-refractivity contribution in [3.05, 3.63) is 75.5 Å². The number of ether oxygens (including phenoxy) is 1. The average molecular weight is 606 g/mol. The number of piperidine rings is 1. The molecule has 1 aliphatic heterocycles. The van der Waals surface area contributed by atoms with Crippen LogP contribution in [0.5, 0.6) is 0 Å². The van der Waals surface area contributed by atoms with Crippen molar-refractivity contribution in [1.82, 2.24) is 20.1 Å². The summed E-state index contributed by atoms with van der Waals surface area (Å²) < 4.78 is 25.0. The van der Waals surface area contributed by atoms with E-state index in [1.165, 1.54) is 23.5 Å². The first-order chi connectivity index (χ1) is 20.6. The molecule has 5 rings (SSSR count). The monoisotopic (exact) mass is 605 g/mol. The van der Waals surface area contributed by atoms with Crippen LogP contribution < -0.4 is 5.73 Å². The van der Waals surface area contributed by atoms with Crippen molar-refractivity contribution in [3.63, 3.8) is 0 Å². The Morgan fingerprint density at radius 3 is 2.53 bits per heavy atom. The van der Waals surface area contributed by atoms with Crippen LogP contribution in [0.4, 0.5) is 4.39 Å². The van der Waals surface area contributed by atoms with Crippen LogP contribution in [0.15, 0.2) is 40.8 Å². The number of halogens is 1. The molecule has 0 saturated carbocycles. The number of aromatic nitrogens is 3. The van der Waals surface area contributed by atoms with Gasteiger partial charge in [0.2, 0.25) is 11.8 Å². The molecule has 2 N–H and O–H groups in total. The van der Waals surface area contributed by atoms with E-state index < -0.39 is 5.91 Å². The second-order valence-electron chi connectivity index (χ2n) is 11.3. The maximum atomic E-state index is 13.6. The van der Waals surface area contributed by atoms with Gasteiger partial charge in [-0.3, -0.25) is 14.6 Å². The molecule has 0 bridgehead atoms. The number of carbonyl (C=O) groups excluding carboxylic acids is 2. The number of hydrogen-bond donors (Lipinski definition) is 1. The molecule has 0 unspecified atom stereocenters. The van der Waals surface area contributed by atoms with E-state index in [2.05, 4.69) is 10.2 Å². The highest BCUT2D eigenvalue weighted by molar-refractivity contribution is 7.17. The number of thiophene rings is 1. The number of carbonyl (C=O) groups is 2. The summed E-state index contributed by atoms with van der Waals surface area (Å²) in [6, 6.07) is 9.97. The second kappa shape index (κ2) is 13.1. The van der Waals surface area contributed by atoms with Gasteiger partial charge in [0.05, 0.1) is 33.5 Å². The molecule has 0 aliphatic carbocycles. The summed E-state index contributed by atoms with van der Waals surface area (Å²) in [5.41, 5.74) is 9.56. The van der Waals surface area contributed by atoms with E-state index in [0.717, 1.165) is 18.4 Å². The fraction of sp³-hybridized carbons (Fsp3) is 0.406. The van der Waals surface area contributed by atoms with Gasteiger partial charge in [-0.15, -0.1) is 21.5 Å². The van der Waals surface area contributed by atoms with Crippen molar-refractivity contribution in [2.75, 3.05) is 20.2 Å². The highest BCUT2D eigenvalue weighted by Crippen LogP contribution is 2.42. The summed E-state index contributed by atoms with van der Waals surface area (Å²) in [4.78, 5) is 34.7. The Morgan fingerprint density at radius 2 is 1.88 bits per heavy atom. The smallest absolute Gasteiger partial charge is 0.264 e. The van der Waals surface area contributed by atoms with Gasteiger partial charge in [0.15, 0.2) is 0 Å². The lowest BCUT2D eigenvalue weighted by Gasteiger charge is -2.31. The molecule has 9 nitrogen and oxygen atoms in total. The molecule has 1 aliphatic rings. The van der Waals surface area contributed by atoms with E-state index in [-0.39, 0.29) is 35.2 Å². The number of benzene rings is 1. The molecule has 0 spiro atoms. The Kier molecular flexibility index (Phi) is 9.31. The molecule has 43 heavy (non-hydrogen) atoms. The van der Waals surface area contributed by atoms with Crippen molar-refractivity contribution < 1.29 is 23.1 Å². The quantitative estimate of drug-likeness (QED) is 0.248. The largest absolute Gasteiger partial charge is 0.421 e. The fourth-order valence-electron chi connectivity index (χ4n) is 5.52. The van der Waals surface area contributed by atoms with Gasteiger partial charge in [0, 0.05) is 37.6 Å². The standard InChI is InChI=1S/C32H36FN5O4S/c1-18(2)16-24-27(30(34)39)29(25-13-14-26(43-25)32(40)38-15-5-6-22(17-38)41-4)28(31-37-36-19(3)42-31)23(35-24)12-9-20-7-10-21(33)11-8-20/h7-8,10-11,13-14,18,22H,5-6,9,12,15-17H2,1-4H3,(H2,34,39)/t22-/m1/s1. The molecule has 3 aromatic heterocycles.